The molecule has 1 fully saturated rings. The predicted molar refractivity (Wildman–Crippen MR) is 119 cm³/mol. The van der Waals surface area contributed by atoms with Crippen molar-refractivity contribution in [1.82, 2.24) is 10.2 Å². The number of morpholine rings is 1. The number of hydrogen-bond acceptors (Lipinski definition) is 6. The Morgan fingerprint density at radius 3 is 2.56 bits per heavy atom. The zero-order valence-corrected chi connectivity index (χ0v) is 19.5. The zero-order chi connectivity index (χ0) is 24.8. The Morgan fingerprint density at radius 1 is 1.15 bits per heavy atom. The summed E-state index contributed by atoms with van der Waals surface area (Å²) < 4.78 is 76.4. The highest BCUT2D eigenvalue weighted by molar-refractivity contribution is 7.92. The molecular weight excluding hydrogens is 499 g/mol. The maximum Gasteiger partial charge on any atom is 0.416 e. The van der Waals surface area contributed by atoms with E-state index in [0.29, 0.717) is 32.4 Å². The lowest BCUT2D eigenvalue weighted by atomic mass is 10.2. The number of nitrogens with zero attached hydrogens (tertiary/aromatic N) is 1. The van der Waals surface area contributed by atoms with E-state index in [2.05, 4.69) is 14.9 Å². The molecule has 1 aliphatic heterocycles. The van der Waals surface area contributed by atoms with Crippen LogP contribution in [-0.4, -0.2) is 65.2 Å². The number of benzene rings is 2. The topological polar surface area (TPSA) is 97.0 Å². The van der Waals surface area contributed by atoms with Gasteiger partial charge in [0.1, 0.15) is 5.75 Å². The maximum atomic E-state index is 12.9. The second kappa shape index (κ2) is 11.3. The summed E-state index contributed by atoms with van der Waals surface area (Å²) in [5.41, 5.74) is -1.24. The summed E-state index contributed by atoms with van der Waals surface area (Å²) in [5, 5.41) is 2.65. The van der Waals surface area contributed by atoms with Crippen LogP contribution in [0, 0.1) is 0 Å². The van der Waals surface area contributed by atoms with E-state index in [0.717, 1.165) is 31.3 Å². The number of halogens is 4. The van der Waals surface area contributed by atoms with Crippen molar-refractivity contribution < 1.29 is 35.9 Å². The molecule has 0 aromatic heterocycles. The monoisotopic (exact) mass is 521 g/mol. The molecule has 8 nitrogen and oxygen atoms in total. The van der Waals surface area contributed by atoms with E-state index in [1.165, 1.54) is 18.2 Å². The zero-order valence-electron chi connectivity index (χ0n) is 17.9. The molecule has 3 rings (SSSR count). The van der Waals surface area contributed by atoms with Crippen LogP contribution in [0.2, 0.25) is 5.02 Å². The minimum Gasteiger partial charge on any atom is -0.482 e. The molecule has 1 aliphatic rings. The highest BCUT2D eigenvalue weighted by Crippen LogP contribution is 2.32. The van der Waals surface area contributed by atoms with Gasteiger partial charge in [0, 0.05) is 31.9 Å². The minimum absolute atomic E-state index is 0.0759. The number of nitrogens with one attached hydrogen (secondary N) is 2. The average molecular weight is 522 g/mol. The highest BCUT2D eigenvalue weighted by atomic mass is 35.5. The van der Waals surface area contributed by atoms with Gasteiger partial charge in [-0.2, -0.15) is 13.2 Å². The third kappa shape index (κ3) is 7.49. The van der Waals surface area contributed by atoms with Crippen LogP contribution < -0.4 is 14.8 Å². The second-order valence-corrected chi connectivity index (χ2v) is 9.46. The Labute approximate surface area is 200 Å². The fourth-order valence-corrected chi connectivity index (χ4v) is 4.49. The summed E-state index contributed by atoms with van der Waals surface area (Å²) in [5.74, 6) is -0.282. The van der Waals surface area contributed by atoms with Gasteiger partial charge in [-0.1, -0.05) is 17.7 Å². The smallest absolute Gasteiger partial charge is 0.416 e. The second-order valence-electron chi connectivity index (χ2n) is 7.37. The molecule has 34 heavy (non-hydrogen) atoms. The van der Waals surface area contributed by atoms with Crippen molar-refractivity contribution in [1.29, 1.82) is 0 Å². The molecule has 0 radical (unpaired) electrons. The van der Waals surface area contributed by atoms with Crippen molar-refractivity contribution in [2.24, 2.45) is 0 Å². The Morgan fingerprint density at radius 2 is 1.88 bits per heavy atom. The Bertz CT molecular complexity index is 1110. The Balaban J connectivity index is 1.55. The first-order valence-electron chi connectivity index (χ1n) is 10.2. The maximum absolute atomic E-state index is 12.9. The van der Waals surface area contributed by atoms with Crippen LogP contribution >= 0.6 is 11.6 Å². The van der Waals surface area contributed by atoms with Crippen molar-refractivity contribution in [3.05, 3.63) is 53.1 Å². The third-order valence-corrected chi connectivity index (χ3v) is 6.54. The van der Waals surface area contributed by atoms with Gasteiger partial charge < -0.3 is 14.8 Å². The molecule has 0 aliphatic carbocycles. The molecule has 13 heteroatoms. The van der Waals surface area contributed by atoms with E-state index in [1.54, 1.807) is 0 Å². The van der Waals surface area contributed by atoms with Crippen LogP contribution in [0.5, 0.6) is 5.75 Å². The number of ether oxygens (including phenoxy) is 2. The van der Waals surface area contributed by atoms with Gasteiger partial charge in [0.2, 0.25) is 0 Å². The number of carbonyl (C=O) groups is 1. The molecule has 1 amide bonds. The van der Waals surface area contributed by atoms with E-state index in [1.807, 2.05) is 0 Å². The number of carbonyl (C=O) groups excluding carboxylic acids is 1. The van der Waals surface area contributed by atoms with Crippen molar-refractivity contribution >= 4 is 33.2 Å². The lowest BCUT2D eigenvalue weighted by molar-refractivity contribution is -0.137. The van der Waals surface area contributed by atoms with Crippen LogP contribution in [0.1, 0.15) is 5.56 Å². The minimum atomic E-state index is -4.61. The van der Waals surface area contributed by atoms with Gasteiger partial charge in [0.05, 0.1) is 28.7 Å². The SMILES string of the molecule is O=C(COc1ccc(S(=O)(=O)Nc2cccc(C(F)(F)F)c2)cc1Cl)NCCN1CCOCC1. The summed E-state index contributed by atoms with van der Waals surface area (Å²) in [6.45, 7) is 3.74. The first-order chi connectivity index (χ1) is 16.0. The standard InChI is InChI=1S/C21H23ClF3N3O5S/c22-18-13-17(34(30,31)27-16-3-1-2-15(12-16)21(23,24)25)4-5-19(18)33-14-20(29)26-6-7-28-8-10-32-11-9-28/h1-5,12-13,27H,6-11,14H2,(H,26,29). The normalized spacial score (nSPS) is 15.1. The van der Waals surface area contributed by atoms with Gasteiger partial charge in [-0.3, -0.25) is 14.4 Å². The molecule has 0 spiro atoms. The highest BCUT2D eigenvalue weighted by Gasteiger charge is 2.30. The number of sulfonamides is 1. The summed E-state index contributed by atoms with van der Waals surface area (Å²) >= 11 is 6.10. The van der Waals surface area contributed by atoms with Gasteiger partial charge in [0.15, 0.2) is 6.61 Å². The van der Waals surface area contributed by atoms with Crippen LogP contribution in [0.25, 0.3) is 0 Å². The predicted octanol–water partition coefficient (Wildman–Crippen LogP) is 2.99. The lowest BCUT2D eigenvalue weighted by Gasteiger charge is -2.26. The summed E-state index contributed by atoms with van der Waals surface area (Å²) in [6.07, 6.45) is -4.61. The largest absolute Gasteiger partial charge is 0.482 e. The summed E-state index contributed by atoms with van der Waals surface area (Å²) in [6, 6.07) is 7.34. The van der Waals surface area contributed by atoms with Crippen LogP contribution in [0.15, 0.2) is 47.4 Å². The molecule has 0 unspecified atom stereocenters. The van der Waals surface area contributed by atoms with Crippen LogP contribution in [0.3, 0.4) is 0 Å². The molecule has 1 heterocycles. The van der Waals surface area contributed by atoms with Gasteiger partial charge >= 0.3 is 6.18 Å². The Hall–Kier alpha value is -2.54. The van der Waals surface area contributed by atoms with E-state index in [9.17, 15) is 26.4 Å². The summed E-state index contributed by atoms with van der Waals surface area (Å²) in [4.78, 5) is 13.9. The van der Waals surface area contributed by atoms with Crippen molar-refractivity contribution in [2.75, 3.05) is 50.7 Å². The number of alkyl halides is 3. The van der Waals surface area contributed by atoms with E-state index < -0.39 is 21.8 Å². The first kappa shape index (κ1) is 26.1. The van der Waals surface area contributed by atoms with Gasteiger partial charge in [0.25, 0.3) is 15.9 Å². The van der Waals surface area contributed by atoms with E-state index in [-0.39, 0.29) is 33.9 Å². The molecule has 0 atom stereocenters. The number of rotatable bonds is 9. The molecule has 0 bridgehead atoms. The molecule has 2 N–H and O–H groups in total. The molecule has 2 aromatic carbocycles. The molecule has 1 saturated heterocycles. The first-order valence-corrected chi connectivity index (χ1v) is 12.1. The number of hydrogen-bond donors (Lipinski definition) is 2. The summed E-state index contributed by atoms with van der Waals surface area (Å²) in [7, 11) is -4.22. The van der Waals surface area contributed by atoms with Gasteiger partial charge in [-0.05, 0) is 36.4 Å². The molecule has 186 valence electrons. The van der Waals surface area contributed by atoms with E-state index in [4.69, 9.17) is 21.1 Å². The van der Waals surface area contributed by atoms with Crippen LogP contribution in [-0.2, 0) is 25.7 Å². The fraction of sp³-hybridized carbons (Fsp3) is 0.381. The average Bonchev–Trinajstić information content (AvgIpc) is 2.78. The molecule has 0 saturated carbocycles. The molecule has 2 aromatic rings. The van der Waals surface area contributed by atoms with Crippen molar-refractivity contribution in [2.45, 2.75) is 11.1 Å². The van der Waals surface area contributed by atoms with Crippen molar-refractivity contribution in [3.63, 3.8) is 0 Å². The van der Waals surface area contributed by atoms with E-state index >= 15 is 0 Å². The van der Waals surface area contributed by atoms with Gasteiger partial charge in [-0.25, -0.2) is 8.42 Å². The quantitative estimate of drug-likeness (QED) is 0.526. The Kier molecular flexibility index (Phi) is 8.63. The fourth-order valence-electron chi connectivity index (χ4n) is 3.11. The molecular formula is C21H23ClF3N3O5S. The number of anilines is 1. The van der Waals surface area contributed by atoms with Gasteiger partial charge in [-0.15, -0.1) is 0 Å². The lowest BCUT2D eigenvalue weighted by Crippen LogP contribution is -2.42. The van der Waals surface area contributed by atoms with Crippen LogP contribution in [0.4, 0.5) is 18.9 Å². The number of amides is 1. The third-order valence-electron chi connectivity index (χ3n) is 4.87. The van der Waals surface area contributed by atoms with Crippen molar-refractivity contribution in [3.8, 4) is 5.75 Å².